The van der Waals surface area contributed by atoms with Crippen molar-refractivity contribution < 1.29 is 22.6 Å². The largest absolute Gasteiger partial charge is 0.372 e. The summed E-state index contributed by atoms with van der Waals surface area (Å²) in [5, 5.41) is 0. The Morgan fingerprint density at radius 3 is 1.75 bits per heavy atom. The van der Waals surface area contributed by atoms with Crippen LogP contribution in [0.5, 0.6) is 0 Å². The Hall–Kier alpha value is -0.160. The van der Waals surface area contributed by atoms with E-state index in [4.69, 9.17) is 9.05 Å². The monoisotopic (exact) mass is 270 g/mol. The molecule has 0 saturated carbocycles. The van der Waals surface area contributed by atoms with Gasteiger partial charge in [-0.2, -0.15) is 0 Å². The predicted molar refractivity (Wildman–Crippen MR) is 66.5 cm³/mol. The zero-order valence-electron chi connectivity index (χ0n) is 10.3. The third-order valence-electron chi connectivity index (χ3n) is 1.61. The Morgan fingerprint density at radius 2 is 1.56 bits per heavy atom. The standard InChI is InChI=1S/C9H19O5PS/c1-6-13-15(11,14-7-2)9(8(3)10)16(4,5)12/h6-7H2,1-5H3. The van der Waals surface area contributed by atoms with E-state index < -0.39 is 22.9 Å². The summed E-state index contributed by atoms with van der Waals surface area (Å²) in [7, 11) is -6.38. The molecule has 0 bridgehead atoms. The van der Waals surface area contributed by atoms with Gasteiger partial charge in [-0.3, -0.25) is 13.6 Å². The summed E-state index contributed by atoms with van der Waals surface area (Å²) in [6.07, 6.45) is 2.71. The van der Waals surface area contributed by atoms with Gasteiger partial charge in [-0.25, -0.2) is 0 Å². The van der Waals surface area contributed by atoms with Crippen LogP contribution in [0.3, 0.4) is 0 Å². The Labute approximate surface area is 97.1 Å². The lowest BCUT2D eigenvalue weighted by Crippen LogP contribution is -2.22. The van der Waals surface area contributed by atoms with Crippen LogP contribution in [-0.4, -0.2) is 40.3 Å². The maximum Gasteiger partial charge on any atom is 0.372 e. The van der Waals surface area contributed by atoms with Gasteiger partial charge in [0.05, 0.1) is 13.2 Å². The second-order valence-corrected chi connectivity index (χ2v) is 8.56. The van der Waals surface area contributed by atoms with E-state index in [2.05, 4.69) is 0 Å². The highest BCUT2D eigenvalue weighted by Gasteiger charge is 2.36. The maximum absolute atomic E-state index is 12.3. The minimum atomic E-state index is -3.72. The molecule has 0 unspecified atom stereocenters. The Morgan fingerprint density at radius 1 is 1.19 bits per heavy atom. The average Bonchev–Trinajstić information content (AvgIpc) is 1.99. The highest BCUT2D eigenvalue weighted by Crippen LogP contribution is 2.50. The molecule has 0 heterocycles. The van der Waals surface area contributed by atoms with Gasteiger partial charge in [-0.15, -0.1) is 0 Å². The number of carbonyl (C=O) groups excluding carboxylic acids is 1. The molecule has 0 aromatic rings. The van der Waals surface area contributed by atoms with Gasteiger partial charge < -0.3 is 9.05 Å². The zero-order chi connectivity index (χ0) is 13.0. The van der Waals surface area contributed by atoms with Gasteiger partial charge in [0.25, 0.3) is 0 Å². The van der Waals surface area contributed by atoms with Gasteiger partial charge in [0.15, 0.2) is 10.4 Å². The fourth-order valence-corrected chi connectivity index (χ4v) is 5.84. The molecule has 0 atom stereocenters. The van der Waals surface area contributed by atoms with Crippen molar-refractivity contribution in [3.05, 3.63) is 0 Å². The number of hydrogen-bond acceptors (Lipinski definition) is 5. The first-order valence-electron chi connectivity index (χ1n) is 4.90. The molecule has 0 spiro atoms. The van der Waals surface area contributed by atoms with E-state index in [9.17, 15) is 13.6 Å². The topological polar surface area (TPSA) is 69.7 Å². The van der Waals surface area contributed by atoms with Crippen LogP contribution in [-0.2, 0) is 27.9 Å². The lowest BCUT2D eigenvalue weighted by Gasteiger charge is -2.19. The molecule has 0 aromatic carbocycles. The summed E-state index contributed by atoms with van der Waals surface area (Å²) in [6.45, 7) is 4.74. The molecule has 0 amide bonds. The van der Waals surface area contributed by atoms with Crippen LogP contribution in [0, 0.1) is 0 Å². The number of rotatable bonds is 6. The van der Waals surface area contributed by atoms with Crippen molar-refractivity contribution in [1.29, 1.82) is 0 Å². The SMILES string of the molecule is CCOP(=O)(OCC)C(C(C)=O)=S(C)(C)=O. The van der Waals surface area contributed by atoms with Crippen LogP contribution in [0.1, 0.15) is 20.8 Å². The average molecular weight is 270 g/mol. The van der Waals surface area contributed by atoms with Gasteiger partial charge in [0.1, 0.15) is 0 Å². The molecule has 5 nitrogen and oxygen atoms in total. The Bertz CT molecular complexity index is 402. The molecule has 0 fully saturated rings. The van der Waals surface area contributed by atoms with Gasteiger partial charge in [-0.05, 0) is 23.4 Å². The van der Waals surface area contributed by atoms with Crippen molar-refractivity contribution in [1.82, 2.24) is 0 Å². The first-order valence-corrected chi connectivity index (χ1v) is 8.82. The fraction of sp³-hybridized carbons (Fsp3) is 0.778. The summed E-state index contributed by atoms with van der Waals surface area (Å²) < 4.78 is 34.1. The molecular weight excluding hydrogens is 251 g/mol. The van der Waals surface area contributed by atoms with E-state index in [-0.39, 0.29) is 17.8 Å². The third-order valence-corrected chi connectivity index (χ3v) is 6.83. The van der Waals surface area contributed by atoms with Crippen LogP contribution in [0.25, 0.3) is 0 Å². The van der Waals surface area contributed by atoms with Gasteiger partial charge >= 0.3 is 7.60 Å². The molecule has 0 rings (SSSR count). The summed E-state index contributed by atoms with van der Waals surface area (Å²) in [6, 6.07) is 0. The second-order valence-electron chi connectivity index (χ2n) is 3.43. The summed E-state index contributed by atoms with van der Waals surface area (Å²) >= 11 is 0. The smallest absolute Gasteiger partial charge is 0.305 e. The first-order chi connectivity index (χ1) is 7.19. The highest BCUT2D eigenvalue weighted by atomic mass is 32.2. The fourth-order valence-electron chi connectivity index (χ4n) is 1.30. The molecular formula is C9H19O5PS. The van der Waals surface area contributed by atoms with Crippen molar-refractivity contribution in [2.75, 3.05) is 25.7 Å². The molecule has 0 aliphatic rings. The molecule has 0 N–H and O–H groups in total. The van der Waals surface area contributed by atoms with Crippen LogP contribution in [0.15, 0.2) is 0 Å². The summed E-state index contributed by atoms with van der Waals surface area (Å²) in [4.78, 5) is 11.4. The number of ketones is 1. The van der Waals surface area contributed by atoms with E-state index in [1.165, 1.54) is 19.4 Å². The normalized spacial score (nSPS) is 12.6. The highest BCUT2D eigenvalue weighted by molar-refractivity contribution is 8.12. The van der Waals surface area contributed by atoms with Gasteiger partial charge in [0, 0.05) is 19.4 Å². The molecule has 16 heavy (non-hydrogen) atoms. The van der Waals surface area contributed by atoms with Crippen molar-refractivity contribution >= 4 is 27.5 Å². The molecule has 96 valence electrons. The van der Waals surface area contributed by atoms with Crippen LogP contribution < -0.4 is 0 Å². The zero-order valence-corrected chi connectivity index (χ0v) is 12.0. The Kier molecular flexibility index (Phi) is 5.90. The number of carbonyl (C=O) groups is 1. The van der Waals surface area contributed by atoms with Crippen LogP contribution in [0.2, 0.25) is 0 Å². The molecule has 0 saturated heterocycles. The maximum atomic E-state index is 12.3. The van der Waals surface area contributed by atoms with E-state index in [0.29, 0.717) is 0 Å². The van der Waals surface area contributed by atoms with E-state index in [1.807, 2.05) is 0 Å². The minimum absolute atomic E-state index is 0.129. The molecule has 0 aliphatic heterocycles. The van der Waals surface area contributed by atoms with Crippen molar-refractivity contribution in [2.24, 2.45) is 0 Å². The Balaban J connectivity index is 5.78. The summed E-state index contributed by atoms with van der Waals surface area (Å²) in [5.41, 5.74) is 0. The van der Waals surface area contributed by atoms with Crippen molar-refractivity contribution in [3.8, 4) is 0 Å². The molecule has 0 radical (unpaired) electrons. The predicted octanol–water partition coefficient (Wildman–Crippen LogP) is 1.52. The lowest BCUT2D eigenvalue weighted by molar-refractivity contribution is -0.110. The van der Waals surface area contributed by atoms with E-state index >= 15 is 0 Å². The quantitative estimate of drug-likeness (QED) is 0.540. The first kappa shape index (κ1) is 15.8. The second kappa shape index (κ2) is 5.96. The molecule has 0 aliphatic carbocycles. The minimum Gasteiger partial charge on any atom is -0.305 e. The van der Waals surface area contributed by atoms with E-state index in [0.717, 1.165) is 0 Å². The van der Waals surface area contributed by atoms with Crippen LogP contribution >= 0.6 is 7.60 Å². The molecule has 7 heteroatoms. The van der Waals surface area contributed by atoms with Crippen molar-refractivity contribution in [3.63, 3.8) is 0 Å². The third kappa shape index (κ3) is 4.01. The lowest BCUT2D eigenvalue weighted by atomic mass is 10.5. The van der Waals surface area contributed by atoms with E-state index in [1.54, 1.807) is 13.8 Å². The van der Waals surface area contributed by atoms with Crippen molar-refractivity contribution in [2.45, 2.75) is 20.8 Å². The van der Waals surface area contributed by atoms with Crippen LogP contribution in [0.4, 0.5) is 0 Å². The number of hydrogen-bond donors (Lipinski definition) is 0. The summed E-state index contributed by atoms with van der Waals surface area (Å²) in [5.74, 6) is -0.514. The number of Topliss-reactive ketones (excluding diaryl/α,β-unsaturated/α-hetero) is 1. The van der Waals surface area contributed by atoms with Gasteiger partial charge in [-0.1, -0.05) is 0 Å². The molecule has 0 aromatic heterocycles. The van der Waals surface area contributed by atoms with Gasteiger partial charge in [0.2, 0.25) is 0 Å².